The molecule has 0 spiro atoms. The summed E-state index contributed by atoms with van der Waals surface area (Å²) in [6.45, 7) is 3.92. The van der Waals surface area contributed by atoms with Gasteiger partial charge in [-0.15, -0.1) is 0 Å². The van der Waals surface area contributed by atoms with Crippen LogP contribution in [0, 0.1) is 11.8 Å². The topological polar surface area (TPSA) is 59.1 Å². The van der Waals surface area contributed by atoms with E-state index in [0.717, 1.165) is 12.8 Å². The summed E-state index contributed by atoms with van der Waals surface area (Å²) >= 11 is 0. The molecule has 118 valence electrons. The Morgan fingerprint density at radius 3 is 2.86 bits per heavy atom. The van der Waals surface area contributed by atoms with Crippen molar-refractivity contribution in [2.75, 3.05) is 40.3 Å². The van der Waals surface area contributed by atoms with Gasteiger partial charge < -0.3 is 14.4 Å². The van der Waals surface area contributed by atoms with Gasteiger partial charge in [0, 0.05) is 13.0 Å². The van der Waals surface area contributed by atoms with Gasteiger partial charge in [0.05, 0.1) is 19.7 Å². The molecule has 6 nitrogen and oxygen atoms in total. The molecule has 0 unspecified atom stereocenters. The highest BCUT2D eigenvalue weighted by atomic mass is 16.7. The summed E-state index contributed by atoms with van der Waals surface area (Å²) in [6, 6.07) is 0. The summed E-state index contributed by atoms with van der Waals surface area (Å²) in [5.41, 5.74) is 0. The standard InChI is InChI=1S/C15H24N2O4/c1-4-5-12-20-15(19)21-13-8-11-17(14(13)18)10-7-6-9-16(2)3/h13H,4-5,8-12H2,1-3H3/t13-/m0/s1. The molecule has 0 aromatic carbocycles. The first-order valence-electron chi connectivity index (χ1n) is 7.27. The lowest BCUT2D eigenvalue weighted by atomic mass is 10.3. The number of rotatable bonds is 6. The van der Waals surface area contributed by atoms with Gasteiger partial charge in [0.25, 0.3) is 5.91 Å². The minimum atomic E-state index is -0.762. The summed E-state index contributed by atoms with van der Waals surface area (Å²) in [7, 11) is 3.87. The van der Waals surface area contributed by atoms with Crippen LogP contribution in [0.25, 0.3) is 0 Å². The molecule has 1 aliphatic heterocycles. The first-order chi connectivity index (χ1) is 10.0. The monoisotopic (exact) mass is 296 g/mol. The second-order valence-electron chi connectivity index (χ2n) is 5.20. The molecule has 0 saturated carbocycles. The van der Waals surface area contributed by atoms with Crippen LogP contribution in [0.15, 0.2) is 0 Å². The van der Waals surface area contributed by atoms with E-state index in [9.17, 15) is 9.59 Å². The molecule has 1 fully saturated rings. The van der Waals surface area contributed by atoms with Crippen molar-refractivity contribution in [3.8, 4) is 11.8 Å². The van der Waals surface area contributed by atoms with Gasteiger partial charge in [-0.05, 0) is 20.5 Å². The van der Waals surface area contributed by atoms with E-state index in [0.29, 0.717) is 32.7 Å². The highest BCUT2D eigenvalue weighted by Crippen LogP contribution is 2.14. The van der Waals surface area contributed by atoms with Crippen LogP contribution >= 0.6 is 0 Å². The van der Waals surface area contributed by atoms with Gasteiger partial charge in [0.2, 0.25) is 0 Å². The second-order valence-corrected chi connectivity index (χ2v) is 5.20. The van der Waals surface area contributed by atoms with Gasteiger partial charge in [-0.1, -0.05) is 25.2 Å². The summed E-state index contributed by atoms with van der Waals surface area (Å²) in [5.74, 6) is 5.73. The van der Waals surface area contributed by atoms with Crippen LogP contribution in [0.1, 0.15) is 26.2 Å². The summed E-state index contributed by atoms with van der Waals surface area (Å²) < 4.78 is 9.92. The molecular formula is C15H24N2O4. The smallest absolute Gasteiger partial charge is 0.434 e. The van der Waals surface area contributed by atoms with Crippen molar-refractivity contribution < 1.29 is 19.1 Å². The molecule has 0 aromatic heterocycles. The quantitative estimate of drug-likeness (QED) is 0.417. The number of amides is 1. The molecule has 0 bridgehead atoms. The van der Waals surface area contributed by atoms with Crippen molar-refractivity contribution in [3.05, 3.63) is 0 Å². The predicted molar refractivity (Wildman–Crippen MR) is 78.7 cm³/mol. The van der Waals surface area contributed by atoms with Crippen molar-refractivity contribution in [2.45, 2.75) is 32.3 Å². The fourth-order valence-corrected chi connectivity index (χ4v) is 1.79. The average molecular weight is 296 g/mol. The van der Waals surface area contributed by atoms with Gasteiger partial charge in [-0.3, -0.25) is 9.69 Å². The molecule has 0 aliphatic carbocycles. The van der Waals surface area contributed by atoms with E-state index >= 15 is 0 Å². The number of unbranched alkanes of at least 4 members (excludes halogenated alkanes) is 1. The molecule has 0 radical (unpaired) electrons. The largest absolute Gasteiger partial charge is 0.509 e. The molecule has 1 saturated heterocycles. The Hall–Kier alpha value is -1.74. The Morgan fingerprint density at radius 1 is 1.43 bits per heavy atom. The zero-order chi connectivity index (χ0) is 15.7. The number of nitrogens with zero attached hydrogens (tertiary/aromatic N) is 2. The molecule has 1 rings (SSSR count). The van der Waals surface area contributed by atoms with Crippen molar-refractivity contribution in [1.29, 1.82) is 0 Å². The van der Waals surface area contributed by atoms with Gasteiger partial charge in [-0.25, -0.2) is 4.79 Å². The second kappa shape index (κ2) is 9.24. The van der Waals surface area contributed by atoms with Crippen LogP contribution in [0.3, 0.4) is 0 Å². The highest BCUT2D eigenvalue weighted by Gasteiger charge is 2.34. The number of hydrogen-bond donors (Lipinski definition) is 0. The van der Waals surface area contributed by atoms with Gasteiger partial charge in [0.15, 0.2) is 6.10 Å². The van der Waals surface area contributed by atoms with E-state index < -0.39 is 12.3 Å². The van der Waals surface area contributed by atoms with Crippen LogP contribution in [0.4, 0.5) is 4.79 Å². The third-order valence-corrected chi connectivity index (χ3v) is 2.99. The third-order valence-electron chi connectivity index (χ3n) is 2.99. The van der Waals surface area contributed by atoms with Crippen LogP contribution in [0.2, 0.25) is 0 Å². The molecule has 1 atom stereocenters. The Kier molecular flexibility index (Phi) is 7.62. The lowest BCUT2D eigenvalue weighted by molar-refractivity contribution is -0.135. The van der Waals surface area contributed by atoms with Crippen LogP contribution < -0.4 is 0 Å². The third kappa shape index (κ3) is 6.50. The van der Waals surface area contributed by atoms with Crippen LogP contribution in [-0.4, -0.2) is 68.3 Å². The molecule has 0 aromatic rings. The Bertz CT molecular complexity index is 412. The number of hydrogen-bond acceptors (Lipinski definition) is 5. The maximum Gasteiger partial charge on any atom is 0.509 e. The Morgan fingerprint density at radius 2 is 2.19 bits per heavy atom. The minimum Gasteiger partial charge on any atom is -0.434 e. The van der Waals surface area contributed by atoms with Crippen molar-refractivity contribution >= 4 is 12.1 Å². The van der Waals surface area contributed by atoms with Crippen LogP contribution in [0.5, 0.6) is 0 Å². The lowest BCUT2D eigenvalue weighted by Gasteiger charge is -2.13. The summed E-state index contributed by atoms with van der Waals surface area (Å²) in [5, 5.41) is 0. The fraction of sp³-hybridized carbons (Fsp3) is 0.733. The first-order valence-corrected chi connectivity index (χ1v) is 7.27. The fourth-order valence-electron chi connectivity index (χ4n) is 1.79. The number of carbonyl (C=O) groups is 2. The SMILES string of the molecule is CCCCOC(=O)O[C@H]1CCN(CC#CCN(C)C)C1=O. The van der Waals surface area contributed by atoms with Gasteiger partial charge in [0.1, 0.15) is 0 Å². The van der Waals surface area contributed by atoms with Crippen molar-refractivity contribution in [2.24, 2.45) is 0 Å². The number of ether oxygens (including phenoxy) is 2. The lowest BCUT2D eigenvalue weighted by Crippen LogP contribution is -2.32. The minimum absolute atomic E-state index is 0.193. The first kappa shape index (κ1) is 17.3. The van der Waals surface area contributed by atoms with Gasteiger partial charge >= 0.3 is 6.16 Å². The molecule has 0 N–H and O–H groups in total. The normalized spacial score (nSPS) is 17.6. The van der Waals surface area contributed by atoms with Crippen LogP contribution in [-0.2, 0) is 14.3 Å². The molecule has 6 heteroatoms. The molecule has 1 aliphatic rings. The molecular weight excluding hydrogens is 272 g/mol. The molecule has 21 heavy (non-hydrogen) atoms. The van der Waals surface area contributed by atoms with E-state index in [4.69, 9.17) is 9.47 Å². The van der Waals surface area contributed by atoms with E-state index in [1.54, 1.807) is 4.90 Å². The summed E-state index contributed by atoms with van der Waals surface area (Å²) in [4.78, 5) is 27.0. The maximum atomic E-state index is 12.0. The number of carbonyl (C=O) groups excluding carboxylic acids is 2. The Labute approximate surface area is 126 Å². The summed E-state index contributed by atoms with van der Waals surface area (Å²) in [6.07, 6.45) is 0.741. The Balaban J connectivity index is 2.31. The van der Waals surface area contributed by atoms with Crippen molar-refractivity contribution in [3.63, 3.8) is 0 Å². The average Bonchev–Trinajstić information content (AvgIpc) is 2.76. The van der Waals surface area contributed by atoms with Crippen molar-refractivity contribution in [1.82, 2.24) is 9.80 Å². The van der Waals surface area contributed by atoms with E-state index in [2.05, 4.69) is 11.8 Å². The molecule has 1 heterocycles. The number of likely N-dealkylation sites (tertiary alicyclic amines) is 1. The van der Waals surface area contributed by atoms with E-state index in [-0.39, 0.29) is 5.91 Å². The van der Waals surface area contributed by atoms with E-state index in [1.807, 2.05) is 25.9 Å². The van der Waals surface area contributed by atoms with E-state index in [1.165, 1.54) is 0 Å². The highest BCUT2D eigenvalue weighted by molar-refractivity contribution is 5.85. The van der Waals surface area contributed by atoms with Gasteiger partial charge in [-0.2, -0.15) is 0 Å². The zero-order valence-electron chi connectivity index (χ0n) is 13.1. The maximum absolute atomic E-state index is 12.0. The predicted octanol–water partition coefficient (Wildman–Crippen LogP) is 1.11. The molecule has 1 amide bonds. The zero-order valence-corrected chi connectivity index (χ0v) is 13.1.